The molecule has 0 fully saturated rings. The van der Waals surface area contributed by atoms with Gasteiger partial charge in [0.2, 0.25) is 0 Å². The highest BCUT2D eigenvalue weighted by Crippen LogP contribution is 2.19. The van der Waals surface area contributed by atoms with Gasteiger partial charge in [0.05, 0.1) is 0 Å². The predicted molar refractivity (Wildman–Crippen MR) is 64.1 cm³/mol. The highest BCUT2D eigenvalue weighted by Gasteiger charge is 1.97. The fourth-order valence-electron chi connectivity index (χ4n) is 1.26. The number of allylic oxidation sites excluding steroid dienone is 4. The van der Waals surface area contributed by atoms with Gasteiger partial charge in [0.15, 0.2) is 0 Å². The molecule has 2 N–H and O–H groups in total. The number of aryl methyl sites for hydroxylation is 1. The van der Waals surface area contributed by atoms with E-state index in [1.54, 1.807) is 0 Å². The summed E-state index contributed by atoms with van der Waals surface area (Å²) >= 11 is 0. The van der Waals surface area contributed by atoms with Gasteiger partial charge in [-0.05, 0) is 49.6 Å². The molecule has 0 saturated carbocycles. The standard InChI is InChI=1S/C13H17N/c1-4-5-6-10(2)12-7-8-13(14)11(3)9-12/h4-9H,14H2,1-3H3/b5-4-,10-6+. The van der Waals surface area contributed by atoms with Crippen LogP contribution in [-0.2, 0) is 0 Å². The summed E-state index contributed by atoms with van der Waals surface area (Å²) in [6.07, 6.45) is 6.17. The van der Waals surface area contributed by atoms with Crippen LogP contribution in [0.15, 0.2) is 36.4 Å². The molecule has 0 aromatic heterocycles. The van der Waals surface area contributed by atoms with Crippen molar-refractivity contribution in [1.29, 1.82) is 0 Å². The van der Waals surface area contributed by atoms with Gasteiger partial charge in [-0.2, -0.15) is 0 Å². The summed E-state index contributed by atoms with van der Waals surface area (Å²) in [5, 5.41) is 0. The number of nitrogens with two attached hydrogens (primary N) is 1. The first kappa shape index (κ1) is 10.6. The first-order chi connectivity index (χ1) is 6.65. The number of rotatable bonds is 2. The van der Waals surface area contributed by atoms with Gasteiger partial charge in [0, 0.05) is 5.69 Å². The highest BCUT2D eigenvalue weighted by atomic mass is 14.5. The van der Waals surface area contributed by atoms with Crippen LogP contribution in [0.4, 0.5) is 5.69 Å². The van der Waals surface area contributed by atoms with Crippen LogP contribution in [0.25, 0.3) is 5.57 Å². The van der Waals surface area contributed by atoms with E-state index in [1.165, 1.54) is 11.1 Å². The van der Waals surface area contributed by atoms with Gasteiger partial charge in [0.25, 0.3) is 0 Å². The van der Waals surface area contributed by atoms with Crippen molar-refractivity contribution in [3.05, 3.63) is 47.6 Å². The van der Waals surface area contributed by atoms with Gasteiger partial charge in [0.1, 0.15) is 0 Å². The van der Waals surface area contributed by atoms with Gasteiger partial charge in [-0.3, -0.25) is 0 Å². The average Bonchev–Trinajstić information content (AvgIpc) is 2.18. The number of hydrogen-bond acceptors (Lipinski definition) is 1. The summed E-state index contributed by atoms with van der Waals surface area (Å²) in [6.45, 7) is 6.14. The van der Waals surface area contributed by atoms with Crippen molar-refractivity contribution in [2.45, 2.75) is 20.8 Å². The zero-order valence-corrected chi connectivity index (χ0v) is 9.04. The zero-order valence-electron chi connectivity index (χ0n) is 9.04. The van der Waals surface area contributed by atoms with Gasteiger partial charge in [-0.1, -0.05) is 24.3 Å². The molecule has 0 amide bonds. The molecule has 0 aliphatic heterocycles. The van der Waals surface area contributed by atoms with Crippen LogP contribution in [0.5, 0.6) is 0 Å². The van der Waals surface area contributed by atoms with Crippen molar-refractivity contribution in [3.63, 3.8) is 0 Å². The van der Waals surface area contributed by atoms with Crippen molar-refractivity contribution in [3.8, 4) is 0 Å². The van der Waals surface area contributed by atoms with Crippen LogP contribution >= 0.6 is 0 Å². The summed E-state index contributed by atoms with van der Waals surface area (Å²) in [7, 11) is 0. The minimum Gasteiger partial charge on any atom is -0.399 e. The van der Waals surface area contributed by atoms with Crippen molar-refractivity contribution in [2.75, 3.05) is 5.73 Å². The van der Waals surface area contributed by atoms with Gasteiger partial charge in [-0.15, -0.1) is 0 Å². The maximum Gasteiger partial charge on any atom is 0.0344 e. The quantitative estimate of drug-likeness (QED) is 0.556. The summed E-state index contributed by atoms with van der Waals surface area (Å²) in [4.78, 5) is 0. The van der Waals surface area contributed by atoms with E-state index >= 15 is 0 Å². The van der Waals surface area contributed by atoms with Crippen LogP contribution in [-0.4, -0.2) is 0 Å². The molecule has 0 aliphatic rings. The molecule has 0 spiro atoms. The van der Waals surface area contributed by atoms with E-state index < -0.39 is 0 Å². The molecule has 0 aliphatic carbocycles. The number of benzene rings is 1. The molecule has 1 heteroatoms. The Bertz CT molecular complexity index is 373. The molecule has 1 rings (SSSR count). The second kappa shape index (κ2) is 4.66. The molecule has 1 nitrogen and oxygen atoms in total. The SMILES string of the molecule is C/C=C\C=C(/C)c1ccc(N)c(C)c1. The van der Waals surface area contributed by atoms with E-state index in [1.807, 2.05) is 32.1 Å². The Morgan fingerprint density at radius 1 is 1.36 bits per heavy atom. The summed E-state index contributed by atoms with van der Waals surface area (Å²) in [5.74, 6) is 0. The van der Waals surface area contributed by atoms with Gasteiger partial charge >= 0.3 is 0 Å². The Morgan fingerprint density at radius 2 is 2.07 bits per heavy atom. The molecule has 1 aromatic carbocycles. The maximum absolute atomic E-state index is 5.76. The third-order valence-electron chi connectivity index (χ3n) is 2.26. The van der Waals surface area contributed by atoms with E-state index in [9.17, 15) is 0 Å². The lowest BCUT2D eigenvalue weighted by Crippen LogP contribution is -1.90. The Kier molecular flexibility index (Phi) is 3.52. The lowest BCUT2D eigenvalue weighted by Gasteiger charge is -2.04. The van der Waals surface area contributed by atoms with E-state index in [4.69, 9.17) is 5.73 Å². The average molecular weight is 187 g/mol. The zero-order chi connectivity index (χ0) is 10.6. The highest BCUT2D eigenvalue weighted by molar-refractivity contribution is 5.68. The van der Waals surface area contributed by atoms with Crippen LogP contribution in [0.3, 0.4) is 0 Å². The summed E-state index contributed by atoms with van der Waals surface area (Å²) in [6, 6.07) is 6.12. The normalized spacial score (nSPS) is 12.4. The Labute approximate surface area is 85.9 Å². The Morgan fingerprint density at radius 3 is 2.64 bits per heavy atom. The number of hydrogen-bond donors (Lipinski definition) is 1. The van der Waals surface area contributed by atoms with Crippen molar-refractivity contribution < 1.29 is 0 Å². The monoisotopic (exact) mass is 187 g/mol. The number of nitrogen functional groups attached to an aromatic ring is 1. The lowest BCUT2D eigenvalue weighted by atomic mass is 10.0. The van der Waals surface area contributed by atoms with E-state index in [0.717, 1.165) is 11.3 Å². The minimum absolute atomic E-state index is 0.854. The molecule has 14 heavy (non-hydrogen) atoms. The third-order valence-corrected chi connectivity index (χ3v) is 2.26. The maximum atomic E-state index is 5.76. The van der Waals surface area contributed by atoms with E-state index in [-0.39, 0.29) is 0 Å². The topological polar surface area (TPSA) is 26.0 Å². The van der Waals surface area contributed by atoms with E-state index in [0.29, 0.717) is 0 Å². The molecular weight excluding hydrogens is 170 g/mol. The second-order valence-electron chi connectivity index (χ2n) is 3.45. The minimum atomic E-state index is 0.854. The Hall–Kier alpha value is -1.50. The van der Waals surface area contributed by atoms with Crippen LogP contribution in [0.1, 0.15) is 25.0 Å². The van der Waals surface area contributed by atoms with Gasteiger partial charge < -0.3 is 5.73 Å². The summed E-state index contributed by atoms with van der Waals surface area (Å²) < 4.78 is 0. The van der Waals surface area contributed by atoms with E-state index in [2.05, 4.69) is 25.1 Å². The summed E-state index contributed by atoms with van der Waals surface area (Å²) in [5.41, 5.74) is 10.2. The van der Waals surface area contributed by atoms with Crippen molar-refractivity contribution >= 4 is 11.3 Å². The smallest absolute Gasteiger partial charge is 0.0344 e. The van der Waals surface area contributed by atoms with Crippen LogP contribution in [0, 0.1) is 6.92 Å². The third kappa shape index (κ3) is 2.49. The van der Waals surface area contributed by atoms with Crippen molar-refractivity contribution in [2.24, 2.45) is 0 Å². The molecule has 0 atom stereocenters. The molecule has 0 saturated heterocycles. The molecule has 0 radical (unpaired) electrons. The van der Waals surface area contributed by atoms with Crippen LogP contribution in [0.2, 0.25) is 0 Å². The molecule has 74 valence electrons. The number of anilines is 1. The lowest BCUT2D eigenvalue weighted by molar-refractivity contribution is 1.44. The fourth-order valence-corrected chi connectivity index (χ4v) is 1.26. The largest absolute Gasteiger partial charge is 0.399 e. The molecule has 1 aromatic rings. The first-order valence-electron chi connectivity index (χ1n) is 4.81. The predicted octanol–water partition coefficient (Wildman–Crippen LogP) is 3.56. The van der Waals surface area contributed by atoms with Gasteiger partial charge in [-0.25, -0.2) is 0 Å². The molecule has 0 unspecified atom stereocenters. The van der Waals surface area contributed by atoms with Crippen molar-refractivity contribution in [1.82, 2.24) is 0 Å². The van der Waals surface area contributed by atoms with Crippen LogP contribution < -0.4 is 5.73 Å². The second-order valence-corrected chi connectivity index (χ2v) is 3.45. The first-order valence-corrected chi connectivity index (χ1v) is 4.81. The fraction of sp³-hybridized carbons (Fsp3) is 0.231. The molecule has 0 bridgehead atoms. The molecule has 0 heterocycles. The Balaban J connectivity index is 3.02. The molecular formula is C13H17N.